The maximum atomic E-state index is 12.3. The molecule has 1 aliphatic carbocycles. The molecule has 2 heteroatoms. The van der Waals surface area contributed by atoms with Gasteiger partial charge in [-0.25, -0.2) is 0 Å². The Bertz CT molecular complexity index is 262. The van der Waals surface area contributed by atoms with E-state index in [1.807, 2.05) is 0 Å². The van der Waals surface area contributed by atoms with E-state index in [9.17, 15) is 4.79 Å². The van der Waals surface area contributed by atoms with Crippen molar-refractivity contribution in [3.8, 4) is 0 Å². The van der Waals surface area contributed by atoms with Crippen LogP contribution < -0.4 is 0 Å². The summed E-state index contributed by atoms with van der Waals surface area (Å²) in [5.41, 5.74) is 0. The fraction of sp³-hybridized carbons (Fsp3) is 0.938. The molecule has 1 amide bonds. The van der Waals surface area contributed by atoms with Gasteiger partial charge in [0.15, 0.2) is 0 Å². The van der Waals surface area contributed by atoms with Crippen molar-refractivity contribution in [3.63, 3.8) is 0 Å². The van der Waals surface area contributed by atoms with E-state index < -0.39 is 0 Å². The van der Waals surface area contributed by atoms with Crippen molar-refractivity contribution >= 4 is 5.91 Å². The lowest BCUT2D eigenvalue weighted by Gasteiger charge is -2.31. The summed E-state index contributed by atoms with van der Waals surface area (Å²) >= 11 is 0. The quantitative estimate of drug-likeness (QED) is 0.743. The molecular weight excluding hydrogens is 222 g/mol. The van der Waals surface area contributed by atoms with Gasteiger partial charge in [-0.1, -0.05) is 20.3 Å². The Morgan fingerprint density at radius 1 is 1.17 bits per heavy atom. The van der Waals surface area contributed by atoms with Gasteiger partial charge in [0.2, 0.25) is 5.91 Å². The number of carbonyl (C=O) groups excluding carboxylic acids is 1. The van der Waals surface area contributed by atoms with Crippen molar-refractivity contribution in [3.05, 3.63) is 0 Å². The van der Waals surface area contributed by atoms with Crippen molar-refractivity contribution in [2.24, 2.45) is 17.8 Å². The highest BCUT2D eigenvalue weighted by atomic mass is 16.2. The minimum atomic E-state index is 0.358. The molecule has 1 saturated heterocycles. The molecule has 2 rings (SSSR count). The van der Waals surface area contributed by atoms with E-state index in [1.165, 1.54) is 38.5 Å². The number of hydrogen-bond donors (Lipinski definition) is 0. The average molecular weight is 251 g/mol. The Labute approximate surface area is 112 Å². The van der Waals surface area contributed by atoms with E-state index >= 15 is 0 Å². The molecule has 1 heterocycles. The lowest BCUT2D eigenvalue weighted by atomic mass is 9.77. The largest absolute Gasteiger partial charge is 0.342 e. The highest BCUT2D eigenvalue weighted by molar-refractivity contribution is 5.79. The second-order valence-electron chi connectivity index (χ2n) is 6.50. The predicted octanol–water partition coefficient (Wildman–Crippen LogP) is 3.85. The molecular formula is C16H29NO. The molecule has 1 saturated carbocycles. The summed E-state index contributed by atoms with van der Waals surface area (Å²) in [5.74, 6) is 2.58. The molecule has 2 fully saturated rings. The van der Waals surface area contributed by atoms with E-state index in [-0.39, 0.29) is 0 Å². The van der Waals surface area contributed by atoms with Crippen molar-refractivity contribution in [1.29, 1.82) is 0 Å². The molecule has 2 nitrogen and oxygen atoms in total. The molecule has 1 unspecified atom stereocenters. The van der Waals surface area contributed by atoms with Crippen molar-refractivity contribution in [1.82, 2.24) is 4.90 Å². The highest BCUT2D eigenvalue weighted by Gasteiger charge is 2.30. The van der Waals surface area contributed by atoms with Gasteiger partial charge in [-0.15, -0.1) is 0 Å². The Morgan fingerprint density at radius 3 is 2.33 bits per heavy atom. The number of nitrogens with zero attached hydrogens (tertiary/aromatic N) is 1. The number of rotatable bonds is 4. The first kappa shape index (κ1) is 13.9. The van der Waals surface area contributed by atoms with Crippen molar-refractivity contribution in [2.75, 3.05) is 13.1 Å². The molecule has 0 aromatic heterocycles. The Kier molecular flexibility index (Phi) is 5.08. The molecule has 104 valence electrons. The van der Waals surface area contributed by atoms with Gasteiger partial charge in [0.05, 0.1) is 0 Å². The SMILES string of the molecule is CCC(C)CC1CCC(C(=O)N2CCCC2)CC1. The highest BCUT2D eigenvalue weighted by Crippen LogP contribution is 2.34. The van der Waals surface area contributed by atoms with Gasteiger partial charge in [-0.05, 0) is 56.8 Å². The van der Waals surface area contributed by atoms with Gasteiger partial charge in [0, 0.05) is 19.0 Å². The summed E-state index contributed by atoms with van der Waals surface area (Å²) in [6, 6.07) is 0. The van der Waals surface area contributed by atoms with Gasteiger partial charge >= 0.3 is 0 Å². The number of likely N-dealkylation sites (tertiary alicyclic amines) is 1. The lowest BCUT2D eigenvalue weighted by molar-refractivity contribution is -0.135. The van der Waals surface area contributed by atoms with Crippen LogP contribution in [0, 0.1) is 17.8 Å². The fourth-order valence-corrected chi connectivity index (χ4v) is 3.58. The van der Waals surface area contributed by atoms with Gasteiger partial charge < -0.3 is 4.90 Å². The monoisotopic (exact) mass is 251 g/mol. The first-order valence-corrected chi connectivity index (χ1v) is 7.99. The van der Waals surface area contributed by atoms with E-state index in [2.05, 4.69) is 18.7 Å². The first-order chi connectivity index (χ1) is 8.70. The van der Waals surface area contributed by atoms with Crippen LogP contribution in [0.25, 0.3) is 0 Å². The second-order valence-corrected chi connectivity index (χ2v) is 6.50. The summed E-state index contributed by atoms with van der Waals surface area (Å²) in [7, 11) is 0. The maximum absolute atomic E-state index is 12.3. The lowest BCUT2D eigenvalue weighted by Crippen LogP contribution is -2.35. The van der Waals surface area contributed by atoms with Crippen molar-refractivity contribution in [2.45, 2.75) is 65.2 Å². The number of carbonyl (C=O) groups is 1. The maximum Gasteiger partial charge on any atom is 0.225 e. The van der Waals surface area contributed by atoms with Crippen LogP contribution in [-0.2, 0) is 4.79 Å². The first-order valence-electron chi connectivity index (χ1n) is 7.99. The zero-order valence-electron chi connectivity index (χ0n) is 12.2. The Balaban J connectivity index is 1.74. The standard InChI is InChI=1S/C16H29NO/c1-3-13(2)12-14-6-8-15(9-7-14)16(18)17-10-4-5-11-17/h13-15H,3-12H2,1-2H3. The minimum absolute atomic E-state index is 0.358. The molecule has 0 bridgehead atoms. The zero-order valence-corrected chi connectivity index (χ0v) is 12.2. The minimum Gasteiger partial charge on any atom is -0.342 e. The molecule has 0 spiro atoms. The van der Waals surface area contributed by atoms with Crippen LogP contribution in [0.4, 0.5) is 0 Å². The summed E-state index contributed by atoms with van der Waals surface area (Å²) in [6.07, 6.45) is 9.98. The molecule has 0 radical (unpaired) electrons. The smallest absolute Gasteiger partial charge is 0.225 e. The van der Waals surface area contributed by atoms with Crippen LogP contribution in [0.15, 0.2) is 0 Å². The molecule has 0 N–H and O–H groups in total. The van der Waals surface area contributed by atoms with Gasteiger partial charge in [-0.3, -0.25) is 4.79 Å². The second kappa shape index (κ2) is 6.58. The summed E-state index contributed by atoms with van der Waals surface area (Å²) < 4.78 is 0. The third kappa shape index (κ3) is 3.49. The third-order valence-electron chi connectivity index (χ3n) is 5.05. The van der Waals surface area contributed by atoms with Crippen LogP contribution in [0.5, 0.6) is 0 Å². The number of hydrogen-bond acceptors (Lipinski definition) is 1. The topological polar surface area (TPSA) is 20.3 Å². The van der Waals surface area contributed by atoms with E-state index in [4.69, 9.17) is 0 Å². The predicted molar refractivity (Wildman–Crippen MR) is 75.3 cm³/mol. The summed E-state index contributed by atoms with van der Waals surface area (Å²) in [6.45, 7) is 6.69. The summed E-state index contributed by atoms with van der Waals surface area (Å²) in [4.78, 5) is 14.4. The van der Waals surface area contributed by atoms with Crippen LogP contribution in [-0.4, -0.2) is 23.9 Å². The van der Waals surface area contributed by atoms with Crippen LogP contribution in [0.1, 0.15) is 65.2 Å². The molecule has 1 aliphatic heterocycles. The van der Waals surface area contributed by atoms with E-state index in [0.29, 0.717) is 11.8 Å². The molecule has 0 aromatic carbocycles. The van der Waals surface area contributed by atoms with Crippen molar-refractivity contribution < 1.29 is 4.79 Å². The van der Waals surface area contributed by atoms with Gasteiger partial charge in [0.25, 0.3) is 0 Å². The Morgan fingerprint density at radius 2 is 1.78 bits per heavy atom. The number of amides is 1. The molecule has 0 aromatic rings. The molecule has 2 aliphatic rings. The van der Waals surface area contributed by atoms with Gasteiger partial charge in [-0.2, -0.15) is 0 Å². The van der Waals surface area contributed by atoms with Crippen LogP contribution >= 0.6 is 0 Å². The van der Waals surface area contributed by atoms with Gasteiger partial charge in [0.1, 0.15) is 0 Å². The zero-order chi connectivity index (χ0) is 13.0. The Hall–Kier alpha value is -0.530. The summed E-state index contributed by atoms with van der Waals surface area (Å²) in [5, 5.41) is 0. The van der Waals surface area contributed by atoms with E-state index in [1.54, 1.807) is 0 Å². The van der Waals surface area contributed by atoms with Crippen LogP contribution in [0.3, 0.4) is 0 Å². The third-order valence-corrected chi connectivity index (χ3v) is 5.05. The molecule has 1 atom stereocenters. The fourth-order valence-electron chi connectivity index (χ4n) is 3.58. The molecule has 18 heavy (non-hydrogen) atoms. The van der Waals surface area contributed by atoms with E-state index in [0.717, 1.165) is 37.8 Å². The average Bonchev–Trinajstić information content (AvgIpc) is 2.92. The normalized spacial score (nSPS) is 30.4. The van der Waals surface area contributed by atoms with Crippen LogP contribution in [0.2, 0.25) is 0 Å².